The molecule has 26 heavy (non-hydrogen) atoms. The summed E-state index contributed by atoms with van der Waals surface area (Å²) in [5.41, 5.74) is 0.391. The number of urea groups is 1. The molecule has 1 fully saturated rings. The molecular weight excluding hydrogens is 337 g/mol. The van der Waals surface area contributed by atoms with Gasteiger partial charge in [-0.1, -0.05) is 12.1 Å². The second-order valence-corrected chi connectivity index (χ2v) is 5.97. The number of nitrogens with one attached hydrogen (secondary N) is 1. The van der Waals surface area contributed by atoms with Crippen molar-refractivity contribution in [1.29, 1.82) is 0 Å². The fraction of sp³-hybridized carbons (Fsp3) is 0.368. The van der Waals surface area contributed by atoms with Crippen molar-refractivity contribution in [3.05, 3.63) is 48.4 Å². The van der Waals surface area contributed by atoms with Gasteiger partial charge in [0.25, 0.3) is 0 Å². The third-order valence-corrected chi connectivity index (χ3v) is 4.21. The molecule has 1 saturated heterocycles. The summed E-state index contributed by atoms with van der Waals surface area (Å²) in [6, 6.07) is 9.24. The maximum Gasteiger partial charge on any atom is 0.322 e. The summed E-state index contributed by atoms with van der Waals surface area (Å²) in [4.78, 5) is 18.5. The molecule has 1 unspecified atom stereocenters. The van der Waals surface area contributed by atoms with Crippen LogP contribution in [0.15, 0.2) is 42.6 Å². The SMILES string of the molecule is CCOCC1CCCN1C(=O)Nc1cccnc1Oc1ccccc1F. The lowest BCUT2D eigenvalue weighted by Crippen LogP contribution is -2.41. The summed E-state index contributed by atoms with van der Waals surface area (Å²) in [5, 5.41) is 2.82. The van der Waals surface area contributed by atoms with Crippen molar-refractivity contribution in [2.24, 2.45) is 0 Å². The van der Waals surface area contributed by atoms with Crippen LogP contribution in [0.25, 0.3) is 0 Å². The standard InChI is InChI=1S/C19H22FN3O3/c1-2-25-13-14-7-6-12-23(14)19(24)22-16-9-5-11-21-18(16)26-17-10-4-3-8-15(17)20/h3-5,8-11,14H,2,6-7,12-13H2,1H3,(H,22,24). The van der Waals surface area contributed by atoms with Crippen molar-refractivity contribution in [1.82, 2.24) is 9.88 Å². The van der Waals surface area contributed by atoms with Gasteiger partial charge in [0.2, 0.25) is 5.88 Å². The van der Waals surface area contributed by atoms with Gasteiger partial charge in [-0.2, -0.15) is 0 Å². The van der Waals surface area contributed by atoms with Crippen LogP contribution in [0.1, 0.15) is 19.8 Å². The van der Waals surface area contributed by atoms with Crippen LogP contribution in [-0.4, -0.2) is 41.7 Å². The largest absolute Gasteiger partial charge is 0.434 e. The first-order valence-corrected chi connectivity index (χ1v) is 8.71. The van der Waals surface area contributed by atoms with Gasteiger partial charge in [-0.3, -0.25) is 0 Å². The number of hydrogen-bond donors (Lipinski definition) is 1. The molecule has 0 bridgehead atoms. The molecule has 1 atom stereocenters. The second-order valence-electron chi connectivity index (χ2n) is 5.97. The van der Waals surface area contributed by atoms with Crippen LogP contribution in [0.5, 0.6) is 11.6 Å². The molecule has 1 aromatic heterocycles. The van der Waals surface area contributed by atoms with Crippen LogP contribution < -0.4 is 10.1 Å². The molecule has 7 heteroatoms. The molecular formula is C19H22FN3O3. The fourth-order valence-corrected chi connectivity index (χ4v) is 2.92. The molecule has 0 spiro atoms. The van der Waals surface area contributed by atoms with E-state index in [-0.39, 0.29) is 23.7 Å². The van der Waals surface area contributed by atoms with Gasteiger partial charge >= 0.3 is 6.03 Å². The molecule has 1 aliphatic heterocycles. The first-order valence-electron chi connectivity index (χ1n) is 8.71. The summed E-state index contributed by atoms with van der Waals surface area (Å²) in [6.45, 7) is 3.75. The maximum atomic E-state index is 13.8. The normalized spacial score (nSPS) is 16.5. The summed E-state index contributed by atoms with van der Waals surface area (Å²) in [7, 11) is 0. The van der Waals surface area contributed by atoms with Crippen LogP contribution in [0, 0.1) is 5.82 Å². The molecule has 2 amide bonds. The predicted octanol–water partition coefficient (Wildman–Crippen LogP) is 4.05. The third kappa shape index (κ3) is 4.29. The lowest BCUT2D eigenvalue weighted by atomic mass is 10.2. The molecule has 2 aromatic rings. The second kappa shape index (κ2) is 8.62. The maximum absolute atomic E-state index is 13.8. The van der Waals surface area contributed by atoms with Gasteiger partial charge in [0, 0.05) is 19.3 Å². The molecule has 6 nitrogen and oxygen atoms in total. The number of likely N-dealkylation sites (tertiary alicyclic amines) is 1. The average Bonchev–Trinajstić information content (AvgIpc) is 3.12. The van der Waals surface area contributed by atoms with Crippen molar-refractivity contribution in [3.8, 4) is 11.6 Å². The van der Waals surface area contributed by atoms with E-state index in [4.69, 9.17) is 9.47 Å². The first-order chi connectivity index (χ1) is 12.7. The minimum atomic E-state index is -0.494. The van der Waals surface area contributed by atoms with Gasteiger partial charge in [0.05, 0.1) is 12.6 Å². The predicted molar refractivity (Wildman–Crippen MR) is 96.0 cm³/mol. The zero-order chi connectivity index (χ0) is 18.4. The van der Waals surface area contributed by atoms with E-state index in [0.29, 0.717) is 25.4 Å². The Hall–Kier alpha value is -2.67. The number of carbonyl (C=O) groups is 1. The topological polar surface area (TPSA) is 63.7 Å². The monoisotopic (exact) mass is 359 g/mol. The molecule has 1 aliphatic rings. The van der Waals surface area contributed by atoms with Crippen LogP contribution in [0.2, 0.25) is 0 Å². The Morgan fingerprint density at radius 1 is 1.35 bits per heavy atom. The van der Waals surface area contributed by atoms with Gasteiger partial charge in [0.1, 0.15) is 5.69 Å². The molecule has 138 valence electrons. The van der Waals surface area contributed by atoms with Crippen molar-refractivity contribution < 1.29 is 18.7 Å². The van der Waals surface area contributed by atoms with Gasteiger partial charge in [-0.05, 0) is 44.0 Å². The minimum absolute atomic E-state index is 0.0529. The first kappa shape index (κ1) is 18.1. The highest BCUT2D eigenvalue weighted by Gasteiger charge is 2.29. The molecule has 3 rings (SSSR count). The van der Waals surface area contributed by atoms with E-state index < -0.39 is 5.82 Å². The third-order valence-electron chi connectivity index (χ3n) is 4.21. The van der Waals surface area contributed by atoms with E-state index in [9.17, 15) is 9.18 Å². The summed E-state index contributed by atoms with van der Waals surface area (Å²) >= 11 is 0. The van der Waals surface area contributed by atoms with Gasteiger partial charge in [-0.25, -0.2) is 14.2 Å². The van der Waals surface area contributed by atoms with E-state index in [2.05, 4.69) is 10.3 Å². The highest BCUT2D eigenvalue weighted by molar-refractivity contribution is 5.91. The number of anilines is 1. The number of amides is 2. The summed E-state index contributed by atoms with van der Waals surface area (Å²) in [6.07, 6.45) is 3.38. The fourth-order valence-electron chi connectivity index (χ4n) is 2.92. The van der Waals surface area contributed by atoms with Crippen molar-refractivity contribution in [2.75, 3.05) is 25.1 Å². The van der Waals surface area contributed by atoms with Crippen molar-refractivity contribution in [2.45, 2.75) is 25.8 Å². The summed E-state index contributed by atoms with van der Waals surface area (Å²) in [5.74, 6) is -0.296. The van der Waals surface area contributed by atoms with E-state index in [0.717, 1.165) is 12.8 Å². The van der Waals surface area contributed by atoms with Crippen LogP contribution in [0.4, 0.5) is 14.9 Å². The summed E-state index contributed by atoms with van der Waals surface area (Å²) < 4.78 is 24.8. The Bertz CT molecular complexity index is 756. The lowest BCUT2D eigenvalue weighted by Gasteiger charge is -2.25. The molecule has 0 radical (unpaired) electrons. The Kier molecular flexibility index (Phi) is 6.01. The number of hydrogen-bond acceptors (Lipinski definition) is 4. The number of carbonyl (C=O) groups excluding carboxylic acids is 1. The molecule has 0 aliphatic carbocycles. The van der Waals surface area contributed by atoms with Gasteiger partial charge in [0.15, 0.2) is 11.6 Å². The smallest absolute Gasteiger partial charge is 0.322 e. The van der Waals surface area contributed by atoms with E-state index in [1.165, 1.54) is 18.3 Å². The van der Waals surface area contributed by atoms with Gasteiger partial charge in [-0.15, -0.1) is 0 Å². The highest BCUT2D eigenvalue weighted by atomic mass is 19.1. The van der Waals surface area contributed by atoms with Gasteiger partial charge < -0.3 is 19.7 Å². The number of para-hydroxylation sites is 1. The highest BCUT2D eigenvalue weighted by Crippen LogP contribution is 2.29. The van der Waals surface area contributed by atoms with E-state index in [1.54, 1.807) is 29.2 Å². The Morgan fingerprint density at radius 3 is 3.00 bits per heavy atom. The number of aromatic nitrogens is 1. The molecule has 2 heterocycles. The number of nitrogens with zero attached hydrogens (tertiary/aromatic N) is 2. The Balaban J connectivity index is 1.72. The lowest BCUT2D eigenvalue weighted by molar-refractivity contribution is 0.0970. The quantitative estimate of drug-likeness (QED) is 0.845. The Labute approximate surface area is 151 Å². The zero-order valence-electron chi connectivity index (χ0n) is 14.7. The van der Waals surface area contributed by atoms with Crippen LogP contribution in [0.3, 0.4) is 0 Å². The minimum Gasteiger partial charge on any atom is -0.434 e. The Morgan fingerprint density at radius 2 is 2.19 bits per heavy atom. The van der Waals surface area contributed by atoms with Crippen molar-refractivity contribution in [3.63, 3.8) is 0 Å². The van der Waals surface area contributed by atoms with E-state index in [1.807, 2.05) is 6.92 Å². The van der Waals surface area contributed by atoms with Crippen molar-refractivity contribution >= 4 is 11.7 Å². The average molecular weight is 359 g/mol. The van der Waals surface area contributed by atoms with Crippen LogP contribution in [-0.2, 0) is 4.74 Å². The molecule has 1 N–H and O–H groups in total. The number of rotatable bonds is 6. The number of ether oxygens (including phenoxy) is 2. The molecule has 1 aromatic carbocycles. The number of halogens is 1. The number of benzene rings is 1. The number of pyridine rings is 1. The molecule has 0 saturated carbocycles. The van der Waals surface area contributed by atoms with E-state index >= 15 is 0 Å². The zero-order valence-corrected chi connectivity index (χ0v) is 14.7. The van der Waals surface area contributed by atoms with Crippen LogP contribution >= 0.6 is 0 Å².